The van der Waals surface area contributed by atoms with E-state index in [1.54, 1.807) is 13.8 Å². The lowest BCUT2D eigenvalue weighted by atomic mass is 10.9. The van der Waals surface area contributed by atoms with Crippen molar-refractivity contribution in [2.75, 3.05) is 13.2 Å². The van der Waals surface area contributed by atoms with E-state index in [0.717, 1.165) is 0 Å². The summed E-state index contributed by atoms with van der Waals surface area (Å²) in [6, 6.07) is 0. The van der Waals surface area contributed by atoms with Crippen LogP contribution in [-0.4, -0.2) is 13.2 Å². The van der Waals surface area contributed by atoms with E-state index < -0.39 is 7.82 Å². The zero-order valence-electron chi connectivity index (χ0n) is 6.44. The van der Waals surface area contributed by atoms with Crippen molar-refractivity contribution in [3.63, 3.8) is 0 Å². The van der Waals surface area contributed by atoms with Crippen LogP contribution in [0.5, 0.6) is 0 Å². The summed E-state index contributed by atoms with van der Waals surface area (Å²) in [5.74, 6) is 0. The summed E-state index contributed by atoms with van der Waals surface area (Å²) < 4.78 is 24.4. The first-order valence-corrected chi connectivity index (χ1v) is 4.61. The molecule has 0 bridgehead atoms. The summed E-state index contributed by atoms with van der Waals surface area (Å²) in [4.78, 5) is 0. The highest BCUT2D eigenvalue weighted by Gasteiger charge is 2.26. The van der Waals surface area contributed by atoms with Gasteiger partial charge in [-0.05, 0) is 13.8 Å². The second-order valence-corrected chi connectivity index (χ2v) is 3.06. The maximum atomic E-state index is 11.1. The van der Waals surface area contributed by atoms with Crippen molar-refractivity contribution in [2.24, 2.45) is 0 Å². The van der Waals surface area contributed by atoms with Crippen LogP contribution < -0.4 is 0 Å². The molecule has 0 N–H and O–H groups in total. The minimum atomic E-state index is -3.58. The maximum Gasteiger partial charge on any atom is 0.539 e. The Morgan fingerprint density at radius 3 is 2.09 bits per heavy atom. The van der Waals surface area contributed by atoms with Gasteiger partial charge in [-0.3, -0.25) is 9.05 Å². The zero-order chi connectivity index (χ0) is 8.74. The van der Waals surface area contributed by atoms with E-state index in [1.807, 2.05) is 0 Å². The molecule has 6 heteroatoms. The van der Waals surface area contributed by atoms with Gasteiger partial charge in [-0.25, -0.2) is 4.57 Å². The van der Waals surface area contributed by atoms with Crippen molar-refractivity contribution in [1.82, 2.24) is 0 Å². The number of nitrogens with zero attached hydrogens (tertiary/aromatic N) is 1. The van der Waals surface area contributed by atoms with E-state index in [0.29, 0.717) is 0 Å². The van der Waals surface area contributed by atoms with Gasteiger partial charge in [0, 0.05) is 0 Å². The second-order valence-electron chi connectivity index (χ2n) is 1.47. The highest BCUT2D eigenvalue weighted by Crippen LogP contribution is 2.48. The van der Waals surface area contributed by atoms with E-state index in [9.17, 15) is 4.57 Å². The molecule has 0 saturated carbocycles. The van der Waals surface area contributed by atoms with E-state index >= 15 is 0 Å². The van der Waals surface area contributed by atoms with E-state index in [2.05, 4.69) is 13.6 Å². The third-order valence-electron chi connectivity index (χ3n) is 0.727. The lowest BCUT2D eigenvalue weighted by Crippen LogP contribution is -1.96. The van der Waals surface area contributed by atoms with Gasteiger partial charge >= 0.3 is 7.82 Å². The van der Waals surface area contributed by atoms with Gasteiger partial charge in [-0.15, -0.1) is 5.26 Å². The van der Waals surface area contributed by atoms with Crippen molar-refractivity contribution >= 4 is 7.82 Å². The van der Waals surface area contributed by atoms with Crippen molar-refractivity contribution < 1.29 is 18.1 Å². The Labute approximate surface area is 65.5 Å². The van der Waals surface area contributed by atoms with Gasteiger partial charge in [0.1, 0.15) is 0 Å². The topological polar surface area (TPSA) is 68.5 Å². The van der Waals surface area contributed by atoms with Crippen LogP contribution in [0.3, 0.4) is 0 Å². The molecule has 0 spiro atoms. The van der Waals surface area contributed by atoms with Gasteiger partial charge in [-0.1, -0.05) is 0 Å². The largest absolute Gasteiger partial charge is 0.539 e. The Morgan fingerprint density at radius 2 is 1.82 bits per heavy atom. The Bertz CT molecular complexity index is 177. The minimum Gasteiger partial charge on any atom is -0.328 e. The molecule has 0 aliphatic heterocycles. The molecule has 0 heterocycles. The third kappa shape index (κ3) is 3.99. The highest BCUT2D eigenvalue weighted by molar-refractivity contribution is 7.48. The highest BCUT2D eigenvalue weighted by atomic mass is 31.2. The SMILES string of the molecule is CCOP(=O)(OC#N)OCC. The molecule has 11 heavy (non-hydrogen) atoms. The Balaban J connectivity index is 4.04. The molecule has 0 aromatic carbocycles. The van der Waals surface area contributed by atoms with Gasteiger partial charge in [0.2, 0.25) is 0 Å². The van der Waals surface area contributed by atoms with Crippen LogP contribution in [0.2, 0.25) is 0 Å². The predicted octanol–water partition coefficient (Wildman–Crippen LogP) is 1.67. The van der Waals surface area contributed by atoms with E-state index in [-0.39, 0.29) is 13.2 Å². The number of phosphoric acid groups is 1. The number of nitriles is 1. The summed E-state index contributed by atoms with van der Waals surface area (Å²) in [5.41, 5.74) is 0. The molecule has 0 aromatic rings. The van der Waals surface area contributed by atoms with Crippen molar-refractivity contribution in [2.45, 2.75) is 13.8 Å². The van der Waals surface area contributed by atoms with Crippen LogP contribution in [0.1, 0.15) is 13.8 Å². The van der Waals surface area contributed by atoms with Crippen molar-refractivity contribution in [1.29, 1.82) is 5.26 Å². The molecule has 64 valence electrons. The fourth-order valence-corrected chi connectivity index (χ4v) is 1.37. The first kappa shape index (κ1) is 10.4. The minimum absolute atomic E-state index is 0.180. The Morgan fingerprint density at radius 1 is 1.36 bits per heavy atom. The number of rotatable bonds is 5. The average Bonchev–Trinajstić information content (AvgIpc) is 1.88. The van der Waals surface area contributed by atoms with E-state index in [4.69, 9.17) is 5.26 Å². The number of phosphoric ester groups is 1. The van der Waals surface area contributed by atoms with E-state index in [1.165, 1.54) is 6.26 Å². The van der Waals surface area contributed by atoms with Gasteiger partial charge in [0.15, 0.2) is 0 Å². The molecule has 5 nitrogen and oxygen atoms in total. The molecule has 0 saturated heterocycles. The molecule has 0 radical (unpaired) electrons. The summed E-state index contributed by atoms with van der Waals surface area (Å²) in [5, 5.41) is 8.05. The Hall–Kier alpha value is -0.560. The first-order chi connectivity index (χ1) is 5.18. The third-order valence-corrected chi connectivity index (χ3v) is 2.18. The standard InChI is InChI=1S/C5H10NO4P/c1-3-8-11(7,9-4-2)10-5-6/h3-4H2,1-2H3. The molecule has 0 aromatic heterocycles. The average molecular weight is 179 g/mol. The van der Waals surface area contributed by atoms with Gasteiger partial charge in [-0.2, -0.15) is 0 Å². The van der Waals surface area contributed by atoms with Crippen LogP contribution in [0, 0.1) is 11.5 Å². The van der Waals surface area contributed by atoms with Gasteiger partial charge in [0.05, 0.1) is 13.2 Å². The Kier molecular flexibility index (Phi) is 4.88. The summed E-state index contributed by atoms with van der Waals surface area (Å²) >= 11 is 0. The molecule has 0 unspecified atom stereocenters. The fraction of sp³-hybridized carbons (Fsp3) is 0.800. The van der Waals surface area contributed by atoms with Gasteiger partial charge < -0.3 is 4.52 Å². The van der Waals surface area contributed by atoms with Gasteiger partial charge in [0.25, 0.3) is 6.26 Å². The van der Waals surface area contributed by atoms with Crippen LogP contribution in [0.15, 0.2) is 0 Å². The summed E-state index contributed by atoms with van der Waals surface area (Å²) in [6.07, 6.45) is 1.26. The lowest BCUT2D eigenvalue weighted by molar-refractivity contribution is 0.158. The van der Waals surface area contributed by atoms with Crippen LogP contribution in [0.4, 0.5) is 0 Å². The van der Waals surface area contributed by atoms with Crippen LogP contribution in [-0.2, 0) is 18.1 Å². The molecule has 0 rings (SSSR count). The first-order valence-electron chi connectivity index (χ1n) is 3.15. The second kappa shape index (κ2) is 5.14. The van der Waals surface area contributed by atoms with Crippen molar-refractivity contribution in [3.8, 4) is 6.26 Å². The van der Waals surface area contributed by atoms with Crippen LogP contribution >= 0.6 is 7.82 Å². The molecule has 0 atom stereocenters. The normalized spacial score (nSPS) is 10.6. The zero-order valence-corrected chi connectivity index (χ0v) is 7.34. The van der Waals surface area contributed by atoms with Crippen LogP contribution in [0.25, 0.3) is 0 Å². The maximum absolute atomic E-state index is 11.1. The number of hydrogen-bond donors (Lipinski definition) is 0. The number of hydrogen-bond acceptors (Lipinski definition) is 5. The van der Waals surface area contributed by atoms with Crippen molar-refractivity contribution in [3.05, 3.63) is 0 Å². The molecular weight excluding hydrogens is 169 g/mol. The fourth-order valence-electron chi connectivity index (χ4n) is 0.456. The summed E-state index contributed by atoms with van der Waals surface area (Å²) in [7, 11) is -3.58. The predicted molar refractivity (Wildman–Crippen MR) is 37.6 cm³/mol. The molecule has 0 aliphatic carbocycles. The molecule has 0 aliphatic rings. The lowest BCUT2D eigenvalue weighted by Gasteiger charge is -2.10. The quantitative estimate of drug-likeness (QED) is 0.474. The molecule has 0 amide bonds. The molecule has 0 fully saturated rings. The smallest absolute Gasteiger partial charge is 0.328 e. The summed E-state index contributed by atoms with van der Waals surface area (Å²) in [6.45, 7) is 3.62. The monoisotopic (exact) mass is 179 g/mol. The molecular formula is C5H10NO4P.